The van der Waals surface area contributed by atoms with Crippen LogP contribution in [0.5, 0.6) is 11.5 Å². The molecule has 0 saturated carbocycles. The summed E-state index contributed by atoms with van der Waals surface area (Å²) in [5.74, 6) is 1.64. The minimum atomic E-state index is -0.360. The zero-order valence-corrected chi connectivity index (χ0v) is 12.8. The standard InChI is InChI=1S/C18H22O3/c1-18(13-19,15-7-5-9-17(11-15)21-3)12-14-6-4-8-16(10-14)20-2/h4-11,19H,12-13H2,1-3H3. The summed E-state index contributed by atoms with van der Waals surface area (Å²) in [5, 5.41) is 9.92. The van der Waals surface area contributed by atoms with Crippen LogP contribution in [0.4, 0.5) is 0 Å². The predicted octanol–water partition coefficient (Wildman–Crippen LogP) is 3.20. The molecule has 2 aromatic carbocycles. The van der Waals surface area contributed by atoms with E-state index in [0.29, 0.717) is 0 Å². The Morgan fingerprint density at radius 3 is 2.19 bits per heavy atom. The Balaban J connectivity index is 2.31. The molecule has 0 bridgehead atoms. The number of rotatable bonds is 6. The summed E-state index contributed by atoms with van der Waals surface area (Å²) in [6.45, 7) is 2.12. The molecule has 0 radical (unpaired) electrons. The van der Waals surface area contributed by atoms with Crippen molar-refractivity contribution < 1.29 is 14.6 Å². The normalized spacial score (nSPS) is 13.5. The average molecular weight is 286 g/mol. The van der Waals surface area contributed by atoms with Gasteiger partial charge in [0.1, 0.15) is 11.5 Å². The van der Waals surface area contributed by atoms with Gasteiger partial charge in [0, 0.05) is 5.41 Å². The molecule has 0 heterocycles. The van der Waals surface area contributed by atoms with Crippen molar-refractivity contribution in [2.75, 3.05) is 20.8 Å². The van der Waals surface area contributed by atoms with Crippen LogP contribution in [0.3, 0.4) is 0 Å². The van der Waals surface area contributed by atoms with Gasteiger partial charge < -0.3 is 14.6 Å². The number of methoxy groups -OCH3 is 2. The number of hydrogen-bond acceptors (Lipinski definition) is 3. The summed E-state index contributed by atoms with van der Waals surface area (Å²) in [4.78, 5) is 0. The Morgan fingerprint density at radius 2 is 1.57 bits per heavy atom. The Bertz CT molecular complexity index is 595. The number of aliphatic hydroxyl groups is 1. The smallest absolute Gasteiger partial charge is 0.119 e. The molecule has 0 spiro atoms. The number of aliphatic hydroxyl groups excluding tert-OH is 1. The largest absolute Gasteiger partial charge is 0.497 e. The molecule has 3 nitrogen and oxygen atoms in total. The van der Waals surface area contributed by atoms with Crippen LogP contribution in [-0.4, -0.2) is 25.9 Å². The molecule has 0 saturated heterocycles. The highest BCUT2D eigenvalue weighted by molar-refractivity contribution is 5.37. The highest BCUT2D eigenvalue weighted by Gasteiger charge is 2.27. The molecule has 3 heteroatoms. The van der Waals surface area contributed by atoms with E-state index >= 15 is 0 Å². The van der Waals surface area contributed by atoms with Crippen LogP contribution < -0.4 is 9.47 Å². The third-order valence-corrected chi connectivity index (χ3v) is 3.84. The zero-order chi connectivity index (χ0) is 15.3. The second-order valence-electron chi connectivity index (χ2n) is 5.48. The minimum Gasteiger partial charge on any atom is -0.497 e. The molecule has 0 aromatic heterocycles. The van der Waals surface area contributed by atoms with E-state index in [1.807, 2.05) is 42.5 Å². The van der Waals surface area contributed by atoms with Gasteiger partial charge in [0.25, 0.3) is 0 Å². The molecule has 0 aliphatic carbocycles. The summed E-state index contributed by atoms with van der Waals surface area (Å²) in [6, 6.07) is 15.8. The summed E-state index contributed by atoms with van der Waals surface area (Å²) < 4.78 is 10.5. The van der Waals surface area contributed by atoms with E-state index in [-0.39, 0.29) is 12.0 Å². The van der Waals surface area contributed by atoms with Crippen molar-refractivity contribution in [2.45, 2.75) is 18.8 Å². The van der Waals surface area contributed by atoms with Crippen LogP contribution >= 0.6 is 0 Å². The monoisotopic (exact) mass is 286 g/mol. The van der Waals surface area contributed by atoms with Gasteiger partial charge in [-0.3, -0.25) is 0 Å². The van der Waals surface area contributed by atoms with Gasteiger partial charge in [-0.1, -0.05) is 31.2 Å². The highest BCUT2D eigenvalue weighted by atomic mass is 16.5. The maximum Gasteiger partial charge on any atom is 0.119 e. The first-order valence-electron chi connectivity index (χ1n) is 6.99. The van der Waals surface area contributed by atoms with Gasteiger partial charge in [-0.15, -0.1) is 0 Å². The van der Waals surface area contributed by atoms with Gasteiger partial charge in [0.05, 0.1) is 20.8 Å². The lowest BCUT2D eigenvalue weighted by molar-refractivity contribution is 0.204. The fourth-order valence-electron chi connectivity index (χ4n) is 2.48. The molecule has 1 N–H and O–H groups in total. The first-order valence-corrected chi connectivity index (χ1v) is 6.99. The van der Waals surface area contributed by atoms with Gasteiger partial charge in [-0.2, -0.15) is 0 Å². The average Bonchev–Trinajstić information content (AvgIpc) is 2.55. The van der Waals surface area contributed by atoms with E-state index in [1.54, 1.807) is 14.2 Å². The van der Waals surface area contributed by atoms with Crippen molar-refractivity contribution in [3.05, 3.63) is 59.7 Å². The fraction of sp³-hybridized carbons (Fsp3) is 0.333. The maximum atomic E-state index is 9.92. The molecule has 112 valence electrons. The number of benzene rings is 2. The van der Waals surface area contributed by atoms with Gasteiger partial charge in [0.2, 0.25) is 0 Å². The van der Waals surface area contributed by atoms with Gasteiger partial charge >= 0.3 is 0 Å². The molecule has 0 aliphatic rings. The second-order valence-corrected chi connectivity index (χ2v) is 5.48. The Hall–Kier alpha value is -2.00. The SMILES string of the molecule is COc1cccc(CC(C)(CO)c2cccc(OC)c2)c1. The first kappa shape index (κ1) is 15.4. The van der Waals surface area contributed by atoms with Crippen LogP contribution in [0.15, 0.2) is 48.5 Å². The van der Waals surface area contributed by atoms with Crippen molar-refractivity contribution in [1.29, 1.82) is 0 Å². The zero-order valence-electron chi connectivity index (χ0n) is 12.8. The van der Waals surface area contributed by atoms with Crippen LogP contribution in [0.2, 0.25) is 0 Å². The first-order chi connectivity index (χ1) is 10.1. The lowest BCUT2D eigenvalue weighted by atomic mass is 9.78. The molecule has 0 aliphatic heterocycles. The molecular formula is C18H22O3. The lowest BCUT2D eigenvalue weighted by Crippen LogP contribution is -2.29. The van der Waals surface area contributed by atoms with Crippen LogP contribution in [0.1, 0.15) is 18.1 Å². The Morgan fingerprint density at radius 1 is 0.952 bits per heavy atom. The molecule has 0 amide bonds. The van der Waals surface area contributed by atoms with E-state index in [9.17, 15) is 5.11 Å². The van der Waals surface area contributed by atoms with E-state index in [0.717, 1.165) is 29.0 Å². The third-order valence-electron chi connectivity index (χ3n) is 3.84. The van der Waals surface area contributed by atoms with Gasteiger partial charge in [-0.25, -0.2) is 0 Å². The van der Waals surface area contributed by atoms with Crippen molar-refractivity contribution in [3.63, 3.8) is 0 Å². The number of hydrogen-bond donors (Lipinski definition) is 1. The van der Waals surface area contributed by atoms with Gasteiger partial charge in [-0.05, 0) is 41.8 Å². The molecule has 2 rings (SSSR count). The molecular weight excluding hydrogens is 264 g/mol. The van der Waals surface area contributed by atoms with Crippen molar-refractivity contribution in [3.8, 4) is 11.5 Å². The van der Waals surface area contributed by atoms with Crippen LogP contribution in [-0.2, 0) is 11.8 Å². The van der Waals surface area contributed by atoms with Crippen molar-refractivity contribution >= 4 is 0 Å². The van der Waals surface area contributed by atoms with E-state index in [1.165, 1.54) is 0 Å². The van der Waals surface area contributed by atoms with E-state index < -0.39 is 0 Å². The molecule has 2 aromatic rings. The van der Waals surface area contributed by atoms with Crippen molar-refractivity contribution in [2.24, 2.45) is 0 Å². The predicted molar refractivity (Wildman–Crippen MR) is 84.1 cm³/mol. The van der Waals surface area contributed by atoms with Crippen LogP contribution in [0.25, 0.3) is 0 Å². The quantitative estimate of drug-likeness (QED) is 0.886. The van der Waals surface area contributed by atoms with Crippen LogP contribution in [0, 0.1) is 0 Å². The molecule has 1 unspecified atom stereocenters. The van der Waals surface area contributed by atoms with E-state index in [4.69, 9.17) is 9.47 Å². The number of ether oxygens (including phenoxy) is 2. The highest BCUT2D eigenvalue weighted by Crippen LogP contribution is 2.31. The second kappa shape index (κ2) is 6.64. The minimum absolute atomic E-state index is 0.0668. The molecule has 0 fully saturated rings. The summed E-state index contributed by atoms with van der Waals surface area (Å²) in [7, 11) is 3.31. The summed E-state index contributed by atoms with van der Waals surface area (Å²) in [6.07, 6.45) is 0.730. The molecule has 1 atom stereocenters. The third kappa shape index (κ3) is 3.56. The van der Waals surface area contributed by atoms with Gasteiger partial charge in [0.15, 0.2) is 0 Å². The summed E-state index contributed by atoms with van der Waals surface area (Å²) >= 11 is 0. The summed E-state index contributed by atoms with van der Waals surface area (Å²) in [5.41, 5.74) is 1.84. The Kier molecular flexibility index (Phi) is 4.86. The topological polar surface area (TPSA) is 38.7 Å². The fourth-order valence-corrected chi connectivity index (χ4v) is 2.48. The lowest BCUT2D eigenvalue weighted by Gasteiger charge is -2.28. The van der Waals surface area contributed by atoms with Crippen molar-refractivity contribution in [1.82, 2.24) is 0 Å². The molecule has 21 heavy (non-hydrogen) atoms. The van der Waals surface area contributed by atoms with E-state index in [2.05, 4.69) is 13.0 Å². The maximum absolute atomic E-state index is 9.92. The Labute approximate surface area is 126 Å².